The maximum Gasteiger partial charge on any atom is 0.357 e. The van der Waals surface area contributed by atoms with E-state index in [0.29, 0.717) is 0 Å². The Kier molecular flexibility index (Phi) is 4.31. The molecule has 0 aromatic carbocycles. The second kappa shape index (κ2) is 5.70. The van der Waals surface area contributed by atoms with Gasteiger partial charge in [0.25, 0.3) is 5.56 Å². The molecule has 0 fully saturated rings. The molecule has 0 saturated heterocycles. The molecule has 0 aliphatic carbocycles. The molecule has 21 heavy (non-hydrogen) atoms. The quantitative estimate of drug-likeness (QED) is 0.406. The zero-order chi connectivity index (χ0) is 15.8. The van der Waals surface area contributed by atoms with Gasteiger partial charge in [0.05, 0.1) is 12.6 Å². The third-order valence-electron chi connectivity index (χ3n) is 3.15. The van der Waals surface area contributed by atoms with E-state index >= 15 is 0 Å². The molecule has 2 heterocycles. The number of rotatable bonds is 3. The highest BCUT2D eigenvalue weighted by molar-refractivity contribution is 7.52. The van der Waals surface area contributed by atoms with E-state index in [4.69, 9.17) is 14.5 Å². The highest BCUT2D eigenvalue weighted by Crippen LogP contribution is 2.45. The van der Waals surface area contributed by atoms with Crippen LogP contribution in [-0.2, 0) is 9.30 Å². The van der Waals surface area contributed by atoms with Crippen LogP contribution >= 0.6 is 7.60 Å². The van der Waals surface area contributed by atoms with Crippen LogP contribution in [0, 0.1) is 6.92 Å². The smallest absolute Gasteiger partial charge is 0.357 e. The lowest BCUT2D eigenvalue weighted by Crippen LogP contribution is -2.42. The Morgan fingerprint density at radius 3 is 2.62 bits per heavy atom. The van der Waals surface area contributed by atoms with Gasteiger partial charge in [-0.3, -0.25) is 18.9 Å². The molecule has 0 saturated carbocycles. The fourth-order valence-corrected chi connectivity index (χ4v) is 2.70. The number of aliphatic hydroxyl groups excluding tert-OH is 1. The molecule has 1 aromatic rings. The van der Waals surface area contributed by atoms with Gasteiger partial charge in [0.15, 0.2) is 5.85 Å². The summed E-state index contributed by atoms with van der Waals surface area (Å²) in [5.41, 5.74) is -0.931. The molecule has 0 amide bonds. The van der Waals surface area contributed by atoms with Gasteiger partial charge < -0.3 is 19.6 Å². The van der Waals surface area contributed by atoms with Gasteiger partial charge in [0.2, 0.25) is 0 Å². The summed E-state index contributed by atoms with van der Waals surface area (Å²) in [6, 6.07) is -0.777. The number of ether oxygens (including phenoxy) is 1. The van der Waals surface area contributed by atoms with Crippen molar-refractivity contribution in [2.24, 2.45) is 0 Å². The lowest BCUT2D eigenvalue weighted by atomic mass is 10.1. The van der Waals surface area contributed by atoms with E-state index in [2.05, 4.69) is 4.98 Å². The number of aliphatic hydroxyl groups is 1. The van der Waals surface area contributed by atoms with Crippen molar-refractivity contribution in [1.29, 1.82) is 0 Å². The van der Waals surface area contributed by atoms with Crippen molar-refractivity contribution in [2.45, 2.75) is 24.9 Å². The van der Waals surface area contributed by atoms with E-state index in [-0.39, 0.29) is 5.56 Å². The normalized spacial score (nSPS) is 26.0. The lowest BCUT2D eigenvalue weighted by molar-refractivity contribution is -0.0267. The largest absolute Gasteiger partial charge is 0.394 e. The number of hydrogen-bond acceptors (Lipinski definition) is 5. The van der Waals surface area contributed by atoms with Crippen LogP contribution < -0.4 is 11.2 Å². The summed E-state index contributed by atoms with van der Waals surface area (Å²) in [4.78, 5) is 43.4. The summed E-state index contributed by atoms with van der Waals surface area (Å²) in [5, 5.41) is 9.32. The first kappa shape index (κ1) is 15.9. The minimum absolute atomic E-state index is 0.289. The molecule has 116 valence electrons. The Balaban J connectivity index is 2.45. The topological polar surface area (TPSA) is 142 Å². The minimum Gasteiger partial charge on any atom is -0.394 e. The van der Waals surface area contributed by atoms with Gasteiger partial charge in [-0.05, 0) is 13.0 Å². The van der Waals surface area contributed by atoms with Crippen LogP contribution in [0.5, 0.6) is 0 Å². The van der Waals surface area contributed by atoms with E-state index in [1.807, 2.05) is 0 Å². The summed E-state index contributed by atoms with van der Waals surface area (Å²) in [7, 11) is -4.50. The predicted molar refractivity (Wildman–Crippen MR) is 72.0 cm³/mol. The standard InChI is InChI=1S/C11H15N2O7P/c1-6-4-13(11(16)12-10(6)15)7-2-3-9(21(17,18)19)20-8(7)5-14/h2-4,7-9,14H,5H2,1H3,(H,12,15,16)(H2,17,18,19)/t7-,8-,9+/m1/s1. The Bertz CT molecular complexity index is 716. The number of H-pyrrole nitrogens is 1. The molecule has 3 atom stereocenters. The molecular formula is C11H15N2O7P. The molecule has 2 rings (SSSR count). The fourth-order valence-electron chi connectivity index (χ4n) is 2.06. The number of aryl methyl sites for hydroxylation is 1. The van der Waals surface area contributed by atoms with Crippen LogP contribution in [0.3, 0.4) is 0 Å². The number of aromatic amines is 1. The zero-order valence-electron chi connectivity index (χ0n) is 11.0. The SMILES string of the molecule is Cc1cn([C@@H]2C=C[C@H](P(=O)(O)O)O[C@@H]2CO)c(=O)[nH]c1=O. The van der Waals surface area contributed by atoms with Crippen molar-refractivity contribution in [2.75, 3.05) is 6.61 Å². The summed E-state index contributed by atoms with van der Waals surface area (Å²) in [6.45, 7) is 0.963. The zero-order valence-corrected chi connectivity index (χ0v) is 11.9. The first-order valence-electron chi connectivity index (χ1n) is 6.06. The Labute approximate surface area is 118 Å². The maximum atomic E-state index is 11.8. The Hall–Kier alpha value is -1.51. The van der Waals surface area contributed by atoms with E-state index in [9.17, 15) is 19.3 Å². The van der Waals surface area contributed by atoms with Crippen molar-refractivity contribution in [1.82, 2.24) is 9.55 Å². The molecule has 0 bridgehead atoms. The van der Waals surface area contributed by atoms with Crippen LogP contribution in [-0.4, -0.2) is 43.0 Å². The van der Waals surface area contributed by atoms with Gasteiger partial charge in [-0.25, -0.2) is 4.79 Å². The van der Waals surface area contributed by atoms with E-state index in [1.165, 1.54) is 19.2 Å². The summed E-state index contributed by atoms with van der Waals surface area (Å²) in [5.74, 6) is -1.47. The summed E-state index contributed by atoms with van der Waals surface area (Å²) < 4.78 is 17.5. The molecule has 1 aliphatic rings. The predicted octanol–water partition coefficient (Wildman–Crippen LogP) is -1.16. The molecule has 4 N–H and O–H groups in total. The average Bonchev–Trinajstić information content (AvgIpc) is 2.41. The van der Waals surface area contributed by atoms with Gasteiger partial charge >= 0.3 is 13.3 Å². The third-order valence-corrected chi connectivity index (χ3v) is 4.10. The average molecular weight is 318 g/mol. The third kappa shape index (κ3) is 3.22. The highest BCUT2D eigenvalue weighted by Gasteiger charge is 2.36. The molecule has 9 nitrogen and oxygen atoms in total. The summed E-state index contributed by atoms with van der Waals surface area (Å²) in [6.07, 6.45) is 2.80. The molecule has 10 heteroatoms. The van der Waals surface area contributed by atoms with E-state index in [0.717, 1.165) is 10.6 Å². The van der Waals surface area contributed by atoms with Crippen LogP contribution in [0.4, 0.5) is 0 Å². The Morgan fingerprint density at radius 1 is 1.38 bits per heavy atom. The van der Waals surface area contributed by atoms with Gasteiger partial charge in [-0.2, -0.15) is 0 Å². The van der Waals surface area contributed by atoms with Crippen molar-refractivity contribution >= 4 is 7.60 Å². The number of nitrogens with zero attached hydrogens (tertiary/aromatic N) is 1. The summed E-state index contributed by atoms with van der Waals surface area (Å²) >= 11 is 0. The molecule has 0 unspecified atom stereocenters. The van der Waals surface area contributed by atoms with Gasteiger partial charge in [-0.1, -0.05) is 6.08 Å². The molecule has 1 aromatic heterocycles. The van der Waals surface area contributed by atoms with Crippen molar-refractivity contribution in [3.05, 3.63) is 44.8 Å². The monoisotopic (exact) mass is 318 g/mol. The van der Waals surface area contributed by atoms with Gasteiger partial charge in [0.1, 0.15) is 6.10 Å². The van der Waals surface area contributed by atoms with E-state index in [1.54, 1.807) is 0 Å². The number of aromatic nitrogens is 2. The Morgan fingerprint density at radius 2 is 2.05 bits per heavy atom. The van der Waals surface area contributed by atoms with E-state index < -0.39 is 43.4 Å². The number of hydrogen-bond donors (Lipinski definition) is 4. The molecule has 1 aliphatic heterocycles. The van der Waals surface area contributed by atoms with Crippen molar-refractivity contribution in [3.63, 3.8) is 0 Å². The number of nitrogens with one attached hydrogen (secondary N) is 1. The fraction of sp³-hybridized carbons (Fsp3) is 0.455. The first-order valence-corrected chi connectivity index (χ1v) is 7.74. The van der Waals surface area contributed by atoms with Gasteiger partial charge in [0, 0.05) is 11.8 Å². The van der Waals surface area contributed by atoms with Crippen LogP contribution in [0.2, 0.25) is 0 Å². The highest BCUT2D eigenvalue weighted by atomic mass is 31.2. The van der Waals surface area contributed by atoms with Crippen molar-refractivity contribution in [3.8, 4) is 0 Å². The van der Waals surface area contributed by atoms with Crippen molar-refractivity contribution < 1.29 is 24.2 Å². The second-order valence-electron chi connectivity index (χ2n) is 4.69. The first-order chi connectivity index (χ1) is 9.74. The molecule has 0 radical (unpaired) electrons. The molecule has 0 spiro atoms. The maximum absolute atomic E-state index is 11.8. The molecular weight excluding hydrogens is 303 g/mol. The van der Waals surface area contributed by atoms with Crippen LogP contribution in [0.25, 0.3) is 0 Å². The second-order valence-corrected chi connectivity index (χ2v) is 6.38. The van der Waals surface area contributed by atoms with Crippen LogP contribution in [0.15, 0.2) is 27.9 Å². The lowest BCUT2D eigenvalue weighted by Gasteiger charge is -2.32. The van der Waals surface area contributed by atoms with Gasteiger partial charge in [-0.15, -0.1) is 0 Å². The van der Waals surface area contributed by atoms with Crippen LogP contribution in [0.1, 0.15) is 11.6 Å². The minimum atomic E-state index is -4.50.